The van der Waals surface area contributed by atoms with Crippen molar-refractivity contribution in [2.45, 2.75) is 78.4 Å². The molecule has 0 spiro atoms. The molecule has 2 N–H and O–H groups in total. The van der Waals surface area contributed by atoms with Crippen LogP contribution in [0, 0.1) is 42.6 Å². The van der Waals surface area contributed by atoms with E-state index in [0.29, 0.717) is 23.7 Å². The fourth-order valence-electron chi connectivity index (χ4n) is 6.69. The number of hydrogen-bond donors (Lipinski definition) is 2. The van der Waals surface area contributed by atoms with Gasteiger partial charge in [0.05, 0.1) is 12.2 Å². The first-order valence-electron chi connectivity index (χ1n) is 13.7. The van der Waals surface area contributed by atoms with Crippen molar-refractivity contribution in [3.63, 3.8) is 0 Å². The van der Waals surface area contributed by atoms with Crippen LogP contribution in [0.5, 0.6) is 0 Å². The largest absolute Gasteiger partial charge is 0.392 e. The third kappa shape index (κ3) is 6.27. The quantitative estimate of drug-likeness (QED) is 0.283. The van der Waals surface area contributed by atoms with Gasteiger partial charge in [0.25, 0.3) is 0 Å². The molecule has 5 rings (SSSR count). The molecule has 1 aromatic heterocycles. The van der Waals surface area contributed by atoms with Gasteiger partial charge in [-0.1, -0.05) is 69.9 Å². The molecule has 4 unspecified atom stereocenters. The van der Waals surface area contributed by atoms with Gasteiger partial charge in [-0.2, -0.15) is 0 Å². The summed E-state index contributed by atoms with van der Waals surface area (Å²) in [6.07, 6.45) is 8.28. The second kappa shape index (κ2) is 13.3. The Morgan fingerprint density at radius 3 is 2.42 bits per heavy atom. The molecule has 2 aromatic carbocycles. The van der Waals surface area contributed by atoms with E-state index in [-0.39, 0.29) is 38.2 Å². The Morgan fingerprint density at radius 2 is 1.75 bits per heavy atom. The van der Waals surface area contributed by atoms with Gasteiger partial charge in [-0.3, -0.25) is 0 Å². The molecule has 36 heavy (non-hydrogen) atoms. The SMILES string of the molecule is CCC(CC)[C@@H]1CC2CC[C@H](CC)C(O)C2C1O.Cc1ccc2cnc(-c3[c-]cccc3)cc2c1.[Ir]. The van der Waals surface area contributed by atoms with Crippen molar-refractivity contribution in [3.8, 4) is 11.3 Å². The van der Waals surface area contributed by atoms with E-state index < -0.39 is 0 Å². The summed E-state index contributed by atoms with van der Waals surface area (Å²) in [5.74, 6) is 2.22. The summed E-state index contributed by atoms with van der Waals surface area (Å²) in [6.45, 7) is 8.73. The summed E-state index contributed by atoms with van der Waals surface area (Å²) in [6, 6.07) is 19.6. The molecule has 197 valence electrons. The predicted octanol–water partition coefficient (Wildman–Crippen LogP) is 7.22. The minimum Gasteiger partial charge on any atom is -0.392 e. The van der Waals surface area contributed by atoms with Crippen LogP contribution >= 0.6 is 0 Å². The van der Waals surface area contributed by atoms with Crippen LogP contribution in [0.15, 0.2) is 54.7 Å². The zero-order chi connectivity index (χ0) is 24.9. The van der Waals surface area contributed by atoms with Crippen molar-refractivity contribution in [1.29, 1.82) is 0 Å². The average Bonchev–Trinajstić information content (AvgIpc) is 3.22. The van der Waals surface area contributed by atoms with Crippen molar-refractivity contribution in [1.82, 2.24) is 4.98 Å². The molecule has 2 aliphatic carbocycles. The van der Waals surface area contributed by atoms with E-state index in [1.165, 1.54) is 22.8 Å². The van der Waals surface area contributed by atoms with Crippen molar-refractivity contribution in [3.05, 3.63) is 66.4 Å². The first-order valence-corrected chi connectivity index (χ1v) is 13.7. The number of fused-ring (bicyclic) bond motifs is 2. The maximum atomic E-state index is 10.6. The van der Waals surface area contributed by atoms with Crippen LogP contribution in [-0.2, 0) is 20.1 Å². The fourth-order valence-corrected chi connectivity index (χ4v) is 6.69. The number of rotatable bonds is 5. The third-order valence-electron chi connectivity index (χ3n) is 8.78. The summed E-state index contributed by atoms with van der Waals surface area (Å²) in [5, 5.41) is 23.5. The number of aliphatic hydroxyl groups is 2. The molecule has 1 radical (unpaired) electrons. The Bertz CT molecular complexity index is 1080. The van der Waals surface area contributed by atoms with Gasteiger partial charge >= 0.3 is 0 Å². The van der Waals surface area contributed by atoms with Crippen LogP contribution in [0.1, 0.15) is 64.9 Å². The summed E-state index contributed by atoms with van der Waals surface area (Å²) in [7, 11) is 0. The summed E-state index contributed by atoms with van der Waals surface area (Å²) >= 11 is 0. The smallest absolute Gasteiger partial charge is 0.0626 e. The number of nitrogens with zero attached hydrogens (tertiary/aromatic N) is 1. The molecule has 2 fully saturated rings. The fraction of sp³-hybridized carbons (Fsp3) is 0.531. The molecular weight excluding hydrogens is 623 g/mol. The van der Waals surface area contributed by atoms with Crippen LogP contribution < -0.4 is 0 Å². The zero-order valence-corrected chi connectivity index (χ0v) is 24.6. The Labute approximate surface area is 231 Å². The van der Waals surface area contributed by atoms with Crippen molar-refractivity contribution in [2.75, 3.05) is 0 Å². The van der Waals surface area contributed by atoms with Crippen LogP contribution in [0.2, 0.25) is 0 Å². The number of pyridine rings is 1. The average molecular weight is 665 g/mol. The van der Waals surface area contributed by atoms with Crippen LogP contribution in [0.3, 0.4) is 0 Å². The molecule has 4 heteroatoms. The van der Waals surface area contributed by atoms with Gasteiger partial charge in [0.2, 0.25) is 0 Å². The van der Waals surface area contributed by atoms with E-state index in [1.54, 1.807) is 0 Å². The van der Waals surface area contributed by atoms with Crippen LogP contribution in [0.25, 0.3) is 22.0 Å². The van der Waals surface area contributed by atoms with Crippen molar-refractivity contribution < 1.29 is 30.3 Å². The Morgan fingerprint density at radius 1 is 0.972 bits per heavy atom. The molecule has 6 atom stereocenters. The van der Waals surface area contributed by atoms with Gasteiger partial charge in [0, 0.05) is 32.2 Å². The summed E-state index contributed by atoms with van der Waals surface area (Å²) < 4.78 is 0. The first-order chi connectivity index (χ1) is 17.0. The Balaban J connectivity index is 0.000000195. The minimum absolute atomic E-state index is 0. The predicted molar refractivity (Wildman–Crippen MR) is 145 cm³/mol. The zero-order valence-electron chi connectivity index (χ0n) is 22.2. The van der Waals surface area contributed by atoms with Gasteiger partial charge in [-0.05, 0) is 66.3 Å². The van der Waals surface area contributed by atoms with E-state index in [0.717, 1.165) is 43.4 Å². The number of aliphatic hydroxyl groups excluding tert-OH is 2. The molecule has 0 aliphatic heterocycles. The van der Waals surface area contributed by atoms with Crippen LogP contribution in [-0.4, -0.2) is 27.4 Å². The van der Waals surface area contributed by atoms with E-state index in [1.807, 2.05) is 30.5 Å². The molecule has 2 aliphatic rings. The first kappa shape index (κ1) is 29.0. The topological polar surface area (TPSA) is 53.4 Å². The number of aryl methyl sites for hydroxylation is 1. The maximum Gasteiger partial charge on any atom is 0.0626 e. The standard InChI is InChI=1S/C16H12N.C16H30O2.Ir/c1-12-7-8-14-11-17-16(10-15(14)9-12)13-5-3-2-4-6-13;1-4-10(5-2)13-9-12-8-7-11(6-3)15(17)14(12)16(13)18;/h2-5,7-11H,1H3;10-18H,4-9H2,1-3H3;/q-1;;/t;11-,12?,13-,14?,15?,16?;/m.0./s1. The molecule has 0 amide bonds. The van der Waals surface area contributed by atoms with E-state index in [4.69, 9.17) is 0 Å². The maximum absolute atomic E-state index is 10.6. The summed E-state index contributed by atoms with van der Waals surface area (Å²) in [5.41, 5.74) is 3.28. The minimum atomic E-state index is -0.261. The van der Waals surface area contributed by atoms with Crippen LogP contribution in [0.4, 0.5) is 0 Å². The molecule has 1 heterocycles. The summed E-state index contributed by atoms with van der Waals surface area (Å²) in [4.78, 5) is 4.48. The van der Waals surface area contributed by atoms with E-state index in [2.05, 4.69) is 63.0 Å². The second-order valence-electron chi connectivity index (χ2n) is 10.7. The molecule has 3 aromatic rings. The van der Waals surface area contributed by atoms with Gasteiger partial charge < -0.3 is 15.2 Å². The van der Waals surface area contributed by atoms with Gasteiger partial charge in [-0.15, -0.1) is 35.9 Å². The van der Waals surface area contributed by atoms with E-state index >= 15 is 0 Å². The third-order valence-corrected chi connectivity index (χ3v) is 8.78. The number of aromatic nitrogens is 1. The van der Waals surface area contributed by atoms with Gasteiger partial charge in [0.1, 0.15) is 0 Å². The van der Waals surface area contributed by atoms with Gasteiger partial charge in [0.15, 0.2) is 0 Å². The normalized spacial score (nSPS) is 27.2. The van der Waals surface area contributed by atoms with Gasteiger partial charge in [-0.25, -0.2) is 0 Å². The second-order valence-corrected chi connectivity index (χ2v) is 10.7. The molecule has 3 nitrogen and oxygen atoms in total. The monoisotopic (exact) mass is 665 g/mol. The molecule has 0 bridgehead atoms. The van der Waals surface area contributed by atoms with Crippen molar-refractivity contribution >= 4 is 10.8 Å². The number of benzene rings is 2. The molecule has 0 saturated heterocycles. The Kier molecular flexibility index (Phi) is 10.7. The molecular formula is C32H42IrNO2-. The van der Waals surface area contributed by atoms with E-state index in [9.17, 15) is 10.2 Å². The number of hydrogen-bond acceptors (Lipinski definition) is 3. The Hall–Kier alpha value is -1.58. The molecule has 2 saturated carbocycles. The van der Waals surface area contributed by atoms with Crippen molar-refractivity contribution in [2.24, 2.45) is 29.6 Å².